The van der Waals surface area contributed by atoms with E-state index in [2.05, 4.69) is 44.9 Å². The monoisotopic (exact) mass is 453 g/mol. The summed E-state index contributed by atoms with van der Waals surface area (Å²) in [6, 6.07) is 16.1. The summed E-state index contributed by atoms with van der Waals surface area (Å²) in [7, 11) is 0. The molecule has 1 fully saturated rings. The SMILES string of the molecule is C=CC(=O)Nc1ccc(-c2nc(Nc3cc(C)[nH]n3)c3ccc(NC4CCCC4)cc3n2)cc1. The third-order valence-electron chi connectivity index (χ3n) is 5.97. The standard InChI is InChI=1S/C26H27N7O/c1-3-24(34)28-19-10-8-17(9-11-19)25-29-22-15-20(27-18-6-4-5-7-18)12-13-21(22)26(31-25)30-23-14-16(2)32-33-23/h3,8-15,18,27H,1,4-7H2,2H3,(H,28,34)(H2,29,30,31,32,33). The molecule has 34 heavy (non-hydrogen) atoms. The Kier molecular flexibility index (Phi) is 5.95. The Labute approximate surface area is 197 Å². The molecule has 0 unspecified atom stereocenters. The van der Waals surface area contributed by atoms with Crippen molar-refractivity contribution in [3.8, 4) is 11.4 Å². The molecule has 1 aliphatic carbocycles. The van der Waals surface area contributed by atoms with Gasteiger partial charge in [0.15, 0.2) is 11.6 Å². The number of aryl methyl sites for hydroxylation is 1. The molecule has 2 heterocycles. The predicted molar refractivity (Wildman–Crippen MR) is 136 cm³/mol. The van der Waals surface area contributed by atoms with E-state index >= 15 is 0 Å². The minimum absolute atomic E-state index is 0.252. The van der Waals surface area contributed by atoms with Gasteiger partial charge in [-0.3, -0.25) is 9.89 Å². The van der Waals surface area contributed by atoms with E-state index in [0.717, 1.165) is 27.8 Å². The van der Waals surface area contributed by atoms with Gasteiger partial charge >= 0.3 is 0 Å². The Bertz CT molecular complexity index is 1340. The van der Waals surface area contributed by atoms with Crippen molar-refractivity contribution in [1.82, 2.24) is 20.2 Å². The molecule has 0 bridgehead atoms. The molecule has 5 rings (SSSR count). The molecule has 0 saturated heterocycles. The highest BCUT2D eigenvalue weighted by molar-refractivity contribution is 5.99. The molecule has 2 aromatic carbocycles. The van der Waals surface area contributed by atoms with E-state index in [0.29, 0.717) is 29.2 Å². The first kappa shape index (κ1) is 21.6. The molecule has 0 aliphatic heterocycles. The number of aromatic nitrogens is 4. The van der Waals surface area contributed by atoms with Crippen LogP contribution in [0.15, 0.2) is 61.2 Å². The lowest BCUT2D eigenvalue weighted by Crippen LogP contribution is -2.14. The van der Waals surface area contributed by atoms with Crippen LogP contribution in [0.3, 0.4) is 0 Å². The van der Waals surface area contributed by atoms with E-state index in [1.807, 2.05) is 43.3 Å². The van der Waals surface area contributed by atoms with Crippen molar-refractivity contribution in [2.75, 3.05) is 16.0 Å². The smallest absolute Gasteiger partial charge is 0.247 e. The van der Waals surface area contributed by atoms with Crippen LogP contribution in [0.4, 0.5) is 23.0 Å². The molecule has 2 aromatic heterocycles. The van der Waals surface area contributed by atoms with Crippen molar-refractivity contribution in [3.63, 3.8) is 0 Å². The molecule has 8 heteroatoms. The maximum Gasteiger partial charge on any atom is 0.247 e. The van der Waals surface area contributed by atoms with Gasteiger partial charge in [-0.25, -0.2) is 9.97 Å². The molecule has 8 nitrogen and oxygen atoms in total. The quantitative estimate of drug-likeness (QED) is 0.273. The number of nitrogens with one attached hydrogen (secondary N) is 4. The van der Waals surface area contributed by atoms with Gasteiger partial charge in [-0.2, -0.15) is 5.10 Å². The first-order valence-corrected chi connectivity index (χ1v) is 11.5. The van der Waals surface area contributed by atoms with Crippen molar-refractivity contribution in [2.45, 2.75) is 38.6 Å². The number of hydrogen-bond donors (Lipinski definition) is 4. The normalized spacial score (nSPS) is 13.7. The zero-order valence-corrected chi connectivity index (χ0v) is 19.1. The highest BCUT2D eigenvalue weighted by Crippen LogP contribution is 2.30. The number of hydrogen-bond acceptors (Lipinski definition) is 6. The summed E-state index contributed by atoms with van der Waals surface area (Å²) in [5.74, 6) is 1.71. The third kappa shape index (κ3) is 4.76. The van der Waals surface area contributed by atoms with Crippen molar-refractivity contribution >= 4 is 39.8 Å². The van der Waals surface area contributed by atoms with Crippen LogP contribution in [0.5, 0.6) is 0 Å². The fraction of sp³-hybridized carbons (Fsp3) is 0.231. The Balaban J connectivity index is 1.52. The highest BCUT2D eigenvalue weighted by Gasteiger charge is 2.16. The molecular formula is C26H27N7O. The number of benzene rings is 2. The van der Waals surface area contributed by atoms with Crippen LogP contribution >= 0.6 is 0 Å². The second kappa shape index (κ2) is 9.35. The van der Waals surface area contributed by atoms with Crippen LogP contribution in [-0.4, -0.2) is 32.1 Å². The molecule has 0 spiro atoms. The Morgan fingerprint density at radius 3 is 2.53 bits per heavy atom. The summed E-state index contributed by atoms with van der Waals surface area (Å²) < 4.78 is 0. The Morgan fingerprint density at radius 2 is 1.82 bits per heavy atom. The number of H-pyrrole nitrogens is 1. The van der Waals surface area contributed by atoms with Gasteiger partial charge in [-0.1, -0.05) is 19.4 Å². The van der Waals surface area contributed by atoms with Crippen LogP contribution < -0.4 is 16.0 Å². The fourth-order valence-corrected chi connectivity index (χ4v) is 4.25. The molecule has 172 valence electrons. The van der Waals surface area contributed by atoms with Crippen LogP contribution in [0.2, 0.25) is 0 Å². The molecular weight excluding hydrogens is 426 g/mol. The number of carbonyl (C=O) groups excluding carboxylic acids is 1. The van der Waals surface area contributed by atoms with E-state index in [9.17, 15) is 4.79 Å². The van der Waals surface area contributed by atoms with E-state index in [-0.39, 0.29) is 5.91 Å². The summed E-state index contributed by atoms with van der Waals surface area (Å²) in [6.07, 6.45) is 6.20. The van der Waals surface area contributed by atoms with Gasteiger partial charge in [-0.15, -0.1) is 0 Å². The number of nitrogens with zero attached hydrogens (tertiary/aromatic N) is 3. The van der Waals surface area contributed by atoms with Crippen molar-refractivity contribution in [2.24, 2.45) is 0 Å². The van der Waals surface area contributed by atoms with Crippen LogP contribution in [0.25, 0.3) is 22.3 Å². The summed E-state index contributed by atoms with van der Waals surface area (Å²) in [5.41, 5.74) is 4.39. The van der Waals surface area contributed by atoms with Crippen molar-refractivity contribution in [3.05, 3.63) is 66.9 Å². The Hall–Kier alpha value is -4.20. The number of carbonyl (C=O) groups is 1. The van der Waals surface area contributed by atoms with Crippen molar-refractivity contribution < 1.29 is 4.79 Å². The molecule has 1 saturated carbocycles. The van der Waals surface area contributed by atoms with E-state index in [4.69, 9.17) is 9.97 Å². The number of fused-ring (bicyclic) bond motifs is 1. The minimum Gasteiger partial charge on any atom is -0.382 e. The molecule has 0 atom stereocenters. The minimum atomic E-state index is -0.252. The van der Waals surface area contributed by atoms with Gasteiger partial charge in [0.2, 0.25) is 5.91 Å². The van der Waals surface area contributed by atoms with Gasteiger partial charge < -0.3 is 16.0 Å². The zero-order valence-electron chi connectivity index (χ0n) is 19.1. The van der Waals surface area contributed by atoms with Crippen LogP contribution in [0, 0.1) is 6.92 Å². The second-order valence-electron chi connectivity index (χ2n) is 8.59. The Morgan fingerprint density at radius 1 is 1.06 bits per heavy atom. The number of amides is 1. The van der Waals surface area contributed by atoms with Gasteiger partial charge in [0.25, 0.3) is 0 Å². The molecule has 1 amide bonds. The van der Waals surface area contributed by atoms with E-state index < -0.39 is 0 Å². The lowest BCUT2D eigenvalue weighted by Gasteiger charge is -2.15. The van der Waals surface area contributed by atoms with Gasteiger partial charge in [-0.05, 0) is 68.3 Å². The van der Waals surface area contributed by atoms with E-state index in [1.54, 1.807) is 0 Å². The number of aromatic amines is 1. The third-order valence-corrected chi connectivity index (χ3v) is 5.97. The first-order valence-electron chi connectivity index (χ1n) is 11.5. The average molecular weight is 454 g/mol. The second-order valence-corrected chi connectivity index (χ2v) is 8.59. The average Bonchev–Trinajstić information content (AvgIpc) is 3.50. The maximum atomic E-state index is 11.6. The maximum absolute atomic E-state index is 11.6. The fourth-order valence-electron chi connectivity index (χ4n) is 4.25. The van der Waals surface area contributed by atoms with Gasteiger partial charge in [0.05, 0.1) is 5.52 Å². The first-order chi connectivity index (χ1) is 16.6. The molecule has 1 aliphatic rings. The number of rotatable bonds is 7. The molecule has 4 aromatic rings. The van der Waals surface area contributed by atoms with Crippen LogP contribution in [0.1, 0.15) is 31.4 Å². The lowest BCUT2D eigenvalue weighted by molar-refractivity contribution is -0.111. The predicted octanol–water partition coefficient (Wildman–Crippen LogP) is 5.55. The van der Waals surface area contributed by atoms with Gasteiger partial charge in [0.1, 0.15) is 5.82 Å². The lowest BCUT2D eigenvalue weighted by atomic mass is 10.1. The summed E-state index contributed by atoms with van der Waals surface area (Å²) in [6.45, 7) is 5.44. The molecule has 0 radical (unpaired) electrons. The topological polar surface area (TPSA) is 108 Å². The summed E-state index contributed by atoms with van der Waals surface area (Å²) in [5, 5.41) is 17.9. The zero-order chi connectivity index (χ0) is 23.5. The van der Waals surface area contributed by atoms with Crippen LogP contribution in [-0.2, 0) is 4.79 Å². The largest absolute Gasteiger partial charge is 0.382 e. The van der Waals surface area contributed by atoms with Gasteiger partial charge in [0, 0.05) is 40.1 Å². The van der Waals surface area contributed by atoms with Crippen molar-refractivity contribution in [1.29, 1.82) is 0 Å². The summed E-state index contributed by atoms with van der Waals surface area (Å²) >= 11 is 0. The van der Waals surface area contributed by atoms with E-state index in [1.165, 1.54) is 31.8 Å². The summed E-state index contributed by atoms with van der Waals surface area (Å²) in [4.78, 5) is 21.3. The highest BCUT2D eigenvalue weighted by atomic mass is 16.1. The molecule has 4 N–H and O–H groups in total. The number of anilines is 4.